The molecular weight excluding hydrogens is 414 g/mol. The van der Waals surface area contributed by atoms with Gasteiger partial charge in [0.15, 0.2) is 0 Å². The highest BCUT2D eigenvalue weighted by Crippen LogP contribution is 2.33. The van der Waals surface area contributed by atoms with Crippen LogP contribution in [-0.2, 0) is 17.6 Å². The fourth-order valence-corrected chi connectivity index (χ4v) is 5.39. The molecule has 0 bridgehead atoms. The topological polar surface area (TPSA) is 64.1 Å². The van der Waals surface area contributed by atoms with Gasteiger partial charge in [-0.2, -0.15) is 0 Å². The summed E-state index contributed by atoms with van der Waals surface area (Å²) in [5.74, 6) is -0.206. The van der Waals surface area contributed by atoms with E-state index in [0.717, 1.165) is 83.2 Å². The summed E-state index contributed by atoms with van der Waals surface area (Å²) in [5, 5.41) is 8.91. The summed E-state index contributed by atoms with van der Waals surface area (Å²) in [6.45, 7) is 3.80. The highest BCUT2D eigenvalue weighted by Gasteiger charge is 2.34. The van der Waals surface area contributed by atoms with E-state index in [2.05, 4.69) is 35.0 Å². The van der Waals surface area contributed by atoms with Gasteiger partial charge in [0.25, 0.3) is 0 Å². The van der Waals surface area contributed by atoms with E-state index in [9.17, 15) is 9.59 Å². The molecule has 0 spiro atoms. The Morgan fingerprint density at radius 3 is 2.45 bits per heavy atom. The summed E-state index contributed by atoms with van der Waals surface area (Å²) in [5.41, 5.74) is 3.85. The van der Waals surface area contributed by atoms with E-state index >= 15 is 0 Å². The third-order valence-corrected chi connectivity index (χ3v) is 7.31. The van der Waals surface area contributed by atoms with Gasteiger partial charge in [-0.25, -0.2) is 4.79 Å². The smallest absolute Gasteiger partial charge is 0.324 e. The van der Waals surface area contributed by atoms with E-state index in [-0.39, 0.29) is 24.9 Å². The SMILES string of the molecule is CN1CCc2ccc(N3CCCN([C@H]4CC[C@H](CCC(=O)O)CC4)C3=O)cc2CC1.Cl. The molecule has 0 unspecified atom stereocenters. The van der Waals surface area contributed by atoms with Crippen LogP contribution in [0.5, 0.6) is 0 Å². The van der Waals surface area contributed by atoms with Crippen LogP contribution in [0.4, 0.5) is 10.5 Å². The number of carbonyl (C=O) groups is 2. The van der Waals surface area contributed by atoms with Crippen molar-refractivity contribution in [3.05, 3.63) is 29.3 Å². The number of hydrogen-bond donors (Lipinski definition) is 1. The van der Waals surface area contributed by atoms with Crippen molar-refractivity contribution in [2.45, 2.75) is 63.8 Å². The fraction of sp³-hybridized carbons (Fsp3) is 0.667. The maximum Gasteiger partial charge on any atom is 0.324 e. The van der Waals surface area contributed by atoms with Crippen molar-refractivity contribution in [1.29, 1.82) is 0 Å². The van der Waals surface area contributed by atoms with Crippen LogP contribution in [0.1, 0.15) is 56.1 Å². The fourth-order valence-electron chi connectivity index (χ4n) is 5.39. The summed E-state index contributed by atoms with van der Waals surface area (Å²) in [6, 6.07) is 7.06. The first kappa shape index (κ1) is 23.9. The van der Waals surface area contributed by atoms with Crippen LogP contribution in [0.2, 0.25) is 0 Å². The molecule has 31 heavy (non-hydrogen) atoms. The molecule has 172 valence electrons. The molecule has 6 nitrogen and oxygen atoms in total. The van der Waals surface area contributed by atoms with Crippen molar-refractivity contribution in [1.82, 2.24) is 9.80 Å². The van der Waals surface area contributed by atoms with E-state index in [4.69, 9.17) is 5.11 Å². The predicted octanol–water partition coefficient (Wildman–Crippen LogP) is 4.19. The number of fused-ring (bicyclic) bond motifs is 1. The molecule has 4 rings (SSSR count). The predicted molar refractivity (Wildman–Crippen MR) is 125 cm³/mol. The van der Waals surface area contributed by atoms with Crippen LogP contribution in [0, 0.1) is 5.92 Å². The molecule has 2 amide bonds. The Labute approximate surface area is 192 Å². The number of hydrogen-bond acceptors (Lipinski definition) is 3. The molecule has 1 aliphatic carbocycles. The molecule has 1 saturated carbocycles. The van der Waals surface area contributed by atoms with E-state index in [1.165, 1.54) is 11.1 Å². The van der Waals surface area contributed by atoms with Gasteiger partial charge in [-0.15, -0.1) is 12.4 Å². The van der Waals surface area contributed by atoms with Crippen LogP contribution in [0.25, 0.3) is 0 Å². The van der Waals surface area contributed by atoms with Gasteiger partial charge in [-0.3, -0.25) is 9.69 Å². The number of carboxylic acids is 1. The molecule has 2 heterocycles. The molecular formula is C24H36ClN3O3. The van der Waals surface area contributed by atoms with Crippen molar-refractivity contribution >= 4 is 30.1 Å². The average Bonchev–Trinajstić information content (AvgIpc) is 2.94. The Bertz CT molecular complexity index is 779. The Kier molecular flexibility index (Phi) is 8.23. The Morgan fingerprint density at radius 1 is 1.03 bits per heavy atom. The van der Waals surface area contributed by atoms with Gasteiger partial charge in [-0.05, 0) is 87.6 Å². The minimum absolute atomic E-state index is 0. The highest BCUT2D eigenvalue weighted by molar-refractivity contribution is 5.93. The molecule has 7 heteroatoms. The van der Waals surface area contributed by atoms with Crippen molar-refractivity contribution in [3.8, 4) is 0 Å². The lowest BCUT2D eigenvalue weighted by atomic mass is 9.82. The Morgan fingerprint density at radius 2 is 1.74 bits per heavy atom. The number of aliphatic carboxylic acids is 1. The van der Waals surface area contributed by atoms with E-state index in [0.29, 0.717) is 12.0 Å². The molecule has 2 fully saturated rings. The molecule has 3 aliphatic rings. The first-order valence-corrected chi connectivity index (χ1v) is 11.6. The summed E-state index contributed by atoms with van der Waals surface area (Å²) in [7, 11) is 2.18. The van der Waals surface area contributed by atoms with E-state index in [1.807, 2.05) is 4.90 Å². The van der Waals surface area contributed by atoms with Crippen molar-refractivity contribution in [2.24, 2.45) is 5.92 Å². The number of likely N-dealkylation sites (N-methyl/N-ethyl adjacent to an activating group) is 1. The van der Waals surface area contributed by atoms with Crippen LogP contribution in [-0.4, -0.2) is 66.2 Å². The molecule has 1 N–H and O–H groups in total. The number of rotatable bonds is 5. The molecule has 0 radical (unpaired) electrons. The zero-order chi connectivity index (χ0) is 21.1. The Balaban J connectivity index is 0.00000272. The lowest BCUT2D eigenvalue weighted by Crippen LogP contribution is -2.54. The van der Waals surface area contributed by atoms with Gasteiger partial charge in [0.1, 0.15) is 0 Å². The van der Waals surface area contributed by atoms with Crippen LogP contribution < -0.4 is 4.90 Å². The molecule has 0 aromatic heterocycles. The van der Waals surface area contributed by atoms with Gasteiger partial charge < -0.3 is 14.9 Å². The number of urea groups is 1. The first-order valence-electron chi connectivity index (χ1n) is 11.6. The van der Waals surface area contributed by atoms with Gasteiger partial charge in [0.05, 0.1) is 0 Å². The molecule has 2 aliphatic heterocycles. The number of benzene rings is 1. The van der Waals surface area contributed by atoms with E-state index in [1.54, 1.807) is 0 Å². The minimum atomic E-state index is -0.702. The molecule has 1 aromatic rings. The van der Waals surface area contributed by atoms with Crippen molar-refractivity contribution in [3.63, 3.8) is 0 Å². The number of carboxylic acid groups (broad SMARTS) is 1. The number of amides is 2. The third kappa shape index (κ3) is 5.72. The highest BCUT2D eigenvalue weighted by atomic mass is 35.5. The Hall–Kier alpha value is -1.79. The van der Waals surface area contributed by atoms with Crippen LogP contribution >= 0.6 is 12.4 Å². The average molecular weight is 450 g/mol. The lowest BCUT2D eigenvalue weighted by molar-refractivity contribution is -0.137. The van der Waals surface area contributed by atoms with Crippen molar-refractivity contribution in [2.75, 3.05) is 38.1 Å². The summed E-state index contributed by atoms with van der Waals surface area (Å²) < 4.78 is 0. The molecule has 1 saturated heterocycles. The van der Waals surface area contributed by atoms with Crippen LogP contribution in [0.3, 0.4) is 0 Å². The lowest BCUT2D eigenvalue weighted by Gasteiger charge is -2.42. The number of halogens is 1. The number of nitrogens with zero attached hydrogens (tertiary/aromatic N) is 3. The van der Waals surface area contributed by atoms with E-state index < -0.39 is 5.97 Å². The summed E-state index contributed by atoms with van der Waals surface area (Å²) in [4.78, 5) is 30.7. The third-order valence-electron chi connectivity index (χ3n) is 7.31. The zero-order valence-electron chi connectivity index (χ0n) is 18.6. The van der Waals surface area contributed by atoms with Crippen LogP contribution in [0.15, 0.2) is 18.2 Å². The molecule has 1 aromatic carbocycles. The van der Waals surface area contributed by atoms with Gasteiger partial charge in [0.2, 0.25) is 0 Å². The number of anilines is 1. The summed E-state index contributed by atoms with van der Waals surface area (Å²) >= 11 is 0. The van der Waals surface area contributed by atoms with Gasteiger partial charge in [-0.1, -0.05) is 6.07 Å². The second-order valence-corrected chi connectivity index (χ2v) is 9.34. The zero-order valence-corrected chi connectivity index (χ0v) is 19.4. The summed E-state index contributed by atoms with van der Waals surface area (Å²) in [6.07, 6.45) is 8.24. The maximum atomic E-state index is 13.4. The van der Waals surface area contributed by atoms with Gasteiger partial charge in [0, 0.05) is 44.3 Å². The second-order valence-electron chi connectivity index (χ2n) is 9.34. The maximum absolute atomic E-state index is 13.4. The quantitative estimate of drug-likeness (QED) is 0.731. The standard InChI is InChI=1S/C24H35N3O3.ClH/c1-25-15-11-19-6-9-22(17-20(19)12-16-25)27-14-2-13-26(24(27)30)21-7-3-18(4-8-21)5-10-23(28)29;/h6,9,17-18,21H,2-5,7-8,10-16H2,1H3,(H,28,29);1H/t18-,21-;. The van der Waals surface area contributed by atoms with Crippen molar-refractivity contribution < 1.29 is 14.7 Å². The second kappa shape index (κ2) is 10.7. The first-order chi connectivity index (χ1) is 14.5. The largest absolute Gasteiger partial charge is 0.481 e. The number of carbonyl (C=O) groups excluding carboxylic acids is 1. The normalized spacial score (nSPS) is 24.9. The monoisotopic (exact) mass is 449 g/mol. The molecule has 0 atom stereocenters. The van der Waals surface area contributed by atoms with Gasteiger partial charge >= 0.3 is 12.0 Å². The minimum Gasteiger partial charge on any atom is -0.481 e.